The summed E-state index contributed by atoms with van der Waals surface area (Å²) in [4.78, 5) is 26.1. The van der Waals surface area contributed by atoms with E-state index in [0.29, 0.717) is 5.69 Å². The number of methoxy groups -OCH3 is 1. The minimum atomic E-state index is -0.381. The highest BCUT2D eigenvalue weighted by atomic mass is 16.5. The Morgan fingerprint density at radius 1 is 1.35 bits per heavy atom. The third-order valence-electron chi connectivity index (χ3n) is 3.02. The standard InChI is InChI=1S/C14H17N3O3/c1-9(13(18)20-2)8-16-14(19)17-12-5-3-4-11-10(12)6-7-15-11/h3-7,9,15H,8H2,1-2H3,(H2,16,17,19). The first-order valence-electron chi connectivity index (χ1n) is 6.30. The van der Waals surface area contributed by atoms with Gasteiger partial charge in [0.25, 0.3) is 0 Å². The fraction of sp³-hybridized carbons (Fsp3) is 0.286. The number of benzene rings is 1. The lowest BCUT2D eigenvalue weighted by molar-refractivity contribution is -0.144. The largest absolute Gasteiger partial charge is 0.469 e. The van der Waals surface area contributed by atoms with Gasteiger partial charge in [-0.3, -0.25) is 4.79 Å². The Hall–Kier alpha value is -2.50. The zero-order chi connectivity index (χ0) is 14.5. The highest BCUT2D eigenvalue weighted by Gasteiger charge is 2.14. The van der Waals surface area contributed by atoms with Gasteiger partial charge in [-0.05, 0) is 18.2 Å². The molecule has 0 saturated heterocycles. The second-order valence-corrected chi connectivity index (χ2v) is 4.50. The van der Waals surface area contributed by atoms with E-state index < -0.39 is 0 Å². The number of hydrogen-bond acceptors (Lipinski definition) is 3. The van der Waals surface area contributed by atoms with Crippen molar-refractivity contribution in [1.82, 2.24) is 10.3 Å². The van der Waals surface area contributed by atoms with E-state index in [4.69, 9.17) is 0 Å². The molecule has 0 saturated carbocycles. The van der Waals surface area contributed by atoms with Gasteiger partial charge in [0.1, 0.15) is 0 Å². The molecule has 0 radical (unpaired) electrons. The number of carbonyl (C=O) groups is 2. The summed E-state index contributed by atoms with van der Waals surface area (Å²) in [5.74, 6) is -0.730. The van der Waals surface area contributed by atoms with Crippen molar-refractivity contribution in [1.29, 1.82) is 0 Å². The van der Waals surface area contributed by atoms with Gasteiger partial charge in [-0.1, -0.05) is 13.0 Å². The lowest BCUT2D eigenvalue weighted by Crippen LogP contribution is -2.35. The van der Waals surface area contributed by atoms with E-state index in [-0.39, 0.29) is 24.5 Å². The highest BCUT2D eigenvalue weighted by molar-refractivity contribution is 6.00. The van der Waals surface area contributed by atoms with E-state index >= 15 is 0 Å². The summed E-state index contributed by atoms with van der Waals surface area (Å²) in [6.07, 6.45) is 1.81. The molecule has 0 aliphatic rings. The Bertz CT molecular complexity index is 621. The van der Waals surface area contributed by atoms with Gasteiger partial charge in [-0.25, -0.2) is 4.79 Å². The Morgan fingerprint density at radius 3 is 2.90 bits per heavy atom. The summed E-state index contributed by atoms with van der Waals surface area (Å²) in [5, 5.41) is 6.34. The van der Waals surface area contributed by atoms with Crippen molar-refractivity contribution in [2.75, 3.05) is 19.0 Å². The van der Waals surface area contributed by atoms with Crippen LogP contribution in [0.2, 0.25) is 0 Å². The average Bonchev–Trinajstić information content (AvgIpc) is 2.93. The van der Waals surface area contributed by atoms with Crippen LogP contribution >= 0.6 is 0 Å². The van der Waals surface area contributed by atoms with Gasteiger partial charge >= 0.3 is 12.0 Å². The van der Waals surface area contributed by atoms with Crippen molar-refractivity contribution in [3.63, 3.8) is 0 Å². The number of anilines is 1. The molecule has 0 spiro atoms. The molecule has 1 atom stereocenters. The van der Waals surface area contributed by atoms with Crippen LogP contribution < -0.4 is 10.6 Å². The lowest BCUT2D eigenvalue weighted by Gasteiger charge is -2.12. The van der Waals surface area contributed by atoms with Crippen molar-refractivity contribution in [3.05, 3.63) is 30.5 Å². The summed E-state index contributed by atoms with van der Waals surface area (Å²) in [5.41, 5.74) is 1.66. The quantitative estimate of drug-likeness (QED) is 0.747. The predicted molar refractivity (Wildman–Crippen MR) is 76.5 cm³/mol. The summed E-state index contributed by atoms with van der Waals surface area (Å²) < 4.78 is 4.60. The molecule has 6 heteroatoms. The molecule has 0 aliphatic heterocycles. The third kappa shape index (κ3) is 3.09. The molecular formula is C14H17N3O3. The first-order chi connectivity index (χ1) is 9.61. The molecule has 1 unspecified atom stereocenters. The Labute approximate surface area is 116 Å². The summed E-state index contributed by atoms with van der Waals surface area (Å²) >= 11 is 0. The van der Waals surface area contributed by atoms with Gasteiger partial charge in [-0.15, -0.1) is 0 Å². The van der Waals surface area contributed by atoms with Gasteiger partial charge < -0.3 is 20.4 Å². The number of urea groups is 1. The fourth-order valence-corrected chi connectivity index (χ4v) is 1.89. The fourth-order valence-electron chi connectivity index (χ4n) is 1.89. The molecule has 0 bridgehead atoms. The van der Waals surface area contributed by atoms with Crippen molar-refractivity contribution < 1.29 is 14.3 Å². The Morgan fingerprint density at radius 2 is 2.15 bits per heavy atom. The Kier molecular flexibility index (Phi) is 4.24. The molecule has 2 amide bonds. The molecule has 0 aliphatic carbocycles. The van der Waals surface area contributed by atoms with Gasteiger partial charge in [0.2, 0.25) is 0 Å². The molecule has 20 heavy (non-hydrogen) atoms. The predicted octanol–water partition coefficient (Wildman–Crippen LogP) is 2.10. The van der Waals surface area contributed by atoms with Crippen molar-refractivity contribution in [3.8, 4) is 0 Å². The maximum atomic E-state index is 11.8. The Balaban J connectivity index is 1.95. The summed E-state index contributed by atoms with van der Waals surface area (Å²) in [6.45, 7) is 1.92. The van der Waals surface area contributed by atoms with Gasteiger partial charge in [0, 0.05) is 23.6 Å². The molecule has 0 fully saturated rings. The zero-order valence-corrected chi connectivity index (χ0v) is 11.4. The number of nitrogens with one attached hydrogen (secondary N) is 3. The van der Waals surface area contributed by atoms with Crippen LogP contribution in [0.1, 0.15) is 6.92 Å². The molecular weight excluding hydrogens is 258 g/mol. The second-order valence-electron chi connectivity index (χ2n) is 4.50. The molecule has 1 heterocycles. The second kappa shape index (κ2) is 6.10. The molecule has 6 nitrogen and oxygen atoms in total. The monoisotopic (exact) mass is 275 g/mol. The topological polar surface area (TPSA) is 83.2 Å². The van der Waals surface area contributed by atoms with Gasteiger partial charge in [-0.2, -0.15) is 0 Å². The van der Waals surface area contributed by atoms with Gasteiger partial charge in [0.05, 0.1) is 18.7 Å². The molecule has 106 valence electrons. The van der Waals surface area contributed by atoms with Crippen molar-refractivity contribution in [2.24, 2.45) is 5.92 Å². The van der Waals surface area contributed by atoms with Crippen LogP contribution in [-0.2, 0) is 9.53 Å². The maximum Gasteiger partial charge on any atom is 0.319 e. The molecule has 2 rings (SSSR count). The molecule has 1 aromatic carbocycles. The smallest absolute Gasteiger partial charge is 0.319 e. The number of H-pyrrole nitrogens is 1. The van der Waals surface area contributed by atoms with E-state index in [1.165, 1.54) is 7.11 Å². The number of esters is 1. The number of amides is 2. The number of carbonyl (C=O) groups excluding carboxylic acids is 2. The van der Waals surface area contributed by atoms with Crippen LogP contribution in [0.4, 0.5) is 10.5 Å². The van der Waals surface area contributed by atoms with Crippen molar-refractivity contribution in [2.45, 2.75) is 6.92 Å². The third-order valence-corrected chi connectivity index (χ3v) is 3.02. The number of aromatic amines is 1. The highest BCUT2D eigenvalue weighted by Crippen LogP contribution is 2.21. The first-order valence-corrected chi connectivity index (χ1v) is 6.30. The summed E-state index contributed by atoms with van der Waals surface area (Å²) in [7, 11) is 1.32. The van der Waals surface area contributed by atoms with Crippen molar-refractivity contribution >= 4 is 28.6 Å². The van der Waals surface area contributed by atoms with Crippen LogP contribution in [0.15, 0.2) is 30.5 Å². The van der Waals surface area contributed by atoms with Gasteiger partial charge in [0.15, 0.2) is 0 Å². The van der Waals surface area contributed by atoms with Crippen LogP contribution in [0.5, 0.6) is 0 Å². The van der Waals surface area contributed by atoms with E-state index in [0.717, 1.165) is 10.9 Å². The average molecular weight is 275 g/mol. The number of rotatable bonds is 4. The minimum Gasteiger partial charge on any atom is -0.469 e. The molecule has 2 aromatic rings. The number of fused-ring (bicyclic) bond motifs is 1. The number of ether oxygens (including phenoxy) is 1. The number of aromatic nitrogens is 1. The SMILES string of the molecule is COC(=O)C(C)CNC(=O)Nc1cccc2[nH]ccc12. The maximum absolute atomic E-state index is 11.8. The molecule has 1 aromatic heterocycles. The van der Waals surface area contributed by atoms with Crippen LogP contribution in [0.25, 0.3) is 10.9 Å². The van der Waals surface area contributed by atoms with E-state index in [9.17, 15) is 9.59 Å². The zero-order valence-electron chi connectivity index (χ0n) is 11.4. The van der Waals surface area contributed by atoms with Crippen LogP contribution in [0, 0.1) is 5.92 Å². The van der Waals surface area contributed by atoms with E-state index in [1.54, 1.807) is 6.92 Å². The summed E-state index contributed by atoms with van der Waals surface area (Å²) in [6, 6.07) is 7.14. The lowest BCUT2D eigenvalue weighted by atomic mass is 10.2. The number of hydrogen-bond donors (Lipinski definition) is 3. The van der Waals surface area contributed by atoms with E-state index in [1.807, 2.05) is 30.5 Å². The molecule has 3 N–H and O–H groups in total. The normalized spacial score (nSPS) is 11.9. The van der Waals surface area contributed by atoms with Crippen LogP contribution in [0.3, 0.4) is 0 Å². The minimum absolute atomic E-state index is 0.224. The van der Waals surface area contributed by atoms with Crippen LogP contribution in [-0.4, -0.2) is 30.6 Å². The first kappa shape index (κ1) is 13.9. The van der Waals surface area contributed by atoms with E-state index in [2.05, 4.69) is 20.4 Å².